The highest BCUT2D eigenvalue weighted by Crippen LogP contribution is 2.18. The van der Waals surface area contributed by atoms with Crippen LogP contribution in [0, 0.1) is 0 Å². The van der Waals surface area contributed by atoms with Crippen molar-refractivity contribution in [3.8, 4) is 0 Å². The molecule has 5 nitrogen and oxygen atoms in total. The van der Waals surface area contributed by atoms with E-state index in [4.69, 9.17) is 4.74 Å². The van der Waals surface area contributed by atoms with Gasteiger partial charge in [-0.1, -0.05) is 6.92 Å². The van der Waals surface area contributed by atoms with Gasteiger partial charge in [-0.15, -0.1) is 0 Å². The number of nitrogens with one attached hydrogen (secondary N) is 1. The topological polar surface area (TPSA) is 52.0 Å². The largest absolute Gasteiger partial charge is 0.380 e. The second-order valence-electron chi connectivity index (χ2n) is 4.19. The summed E-state index contributed by atoms with van der Waals surface area (Å²) in [7, 11) is 0. The van der Waals surface area contributed by atoms with Crippen molar-refractivity contribution in [2.75, 3.05) is 13.2 Å². The van der Waals surface area contributed by atoms with Crippen LogP contribution in [-0.4, -0.2) is 34.0 Å². The molecule has 0 aliphatic heterocycles. The van der Waals surface area contributed by atoms with E-state index in [2.05, 4.69) is 22.3 Å². The molecule has 5 heteroatoms. The smallest absolute Gasteiger partial charge is 0.164 e. The number of aromatic nitrogens is 3. The van der Waals surface area contributed by atoms with Gasteiger partial charge >= 0.3 is 0 Å². The molecule has 1 aromatic rings. The Kier molecular flexibility index (Phi) is 4.30. The van der Waals surface area contributed by atoms with Gasteiger partial charge in [0.05, 0.1) is 19.7 Å². The molecule has 16 heavy (non-hydrogen) atoms. The van der Waals surface area contributed by atoms with Crippen LogP contribution in [0.4, 0.5) is 0 Å². The van der Waals surface area contributed by atoms with Crippen molar-refractivity contribution in [1.29, 1.82) is 0 Å². The number of ether oxygens (including phenoxy) is 1. The van der Waals surface area contributed by atoms with Gasteiger partial charge in [0.1, 0.15) is 6.33 Å². The molecule has 0 saturated heterocycles. The summed E-state index contributed by atoms with van der Waals surface area (Å²) in [5.41, 5.74) is 0. The lowest BCUT2D eigenvalue weighted by molar-refractivity contribution is 0.124. The third kappa shape index (κ3) is 3.90. The van der Waals surface area contributed by atoms with E-state index in [1.807, 2.05) is 4.68 Å². The maximum absolute atomic E-state index is 5.40. The van der Waals surface area contributed by atoms with Crippen molar-refractivity contribution in [2.45, 2.75) is 45.3 Å². The standard InChI is InChI=1S/C11H20N4O/c1-2-6-16-7-5-15-9-13-11(14-15)8-12-10-3-4-10/h9-10,12H,2-8H2,1H3. The SMILES string of the molecule is CCCOCCn1cnc(CNC2CC2)n1. The van der Waals surface area contributed by atoms with E-state index in [0.717, 1.165) is 31.9 Å². The minimum atomic E-state index is 0.708. The van der Waals surface area contributed by atoms with E-state index in [0.29, 0.717) is 12.6 Å². The van der Waals surface area contributed by atoms with E-state index in [1.54, 1.807) is 6.33 Å². The number of hydrogen-bond acceptors (Lipinski definition) is 4. The first-order chi connectivity index (χ1) is 7.88. The molecule has 0 bridgehead atoms. The minimum Gasteiger partial charge on any atom is -0.380 e. The van der Waals surface area contributed by atoms with Crippen molar-refractivity contribution in [3.05, 3.63) is 12.2 Å². The van der Waals surface area contributed by atoms with Crippen LogP contribution in [0.3, 0.4) is 0 Å². The Hall–Kier alpha value is -0.940. The third-order valence-corrected chi connectivity index (χ3v) is 2.52. The zero-order chi connectivity index (χ0) is 11.2. The molecule has 1 saturated carbocycles. The first-order valence-electron chi connectivity index (χ1n) is 6.08. The fraction of sp³-hybridized carbons (Fsp3) is 0.818. The second-order valence-corrected chi connectivity index (χ2v) is 4.19. The van der Waals surface area contributed by atoms with Gasteiger partial charge in [-0.05, 0) is 19.3 Å². The Balaban J connectivity index is 1.64. The van der Waals surface area contributed by atoms with Gasteiger partial charge in [0.15, 0.2) is 5.82 Å². The Labute approximate surface area is 96.2 Å². The molecular formula is C11H20N4O. The van der Waals surface area contributed by atoms with E-state index < -0.39 is 0 Å². The Bertz CT molecular complexity index is 309. The third-order valence-electron chi connectivity index (χ3n) is 2.52. The van der Waals surface area contributed by atoms with Crippen LogP contribution in [0.5, 0.6) is 0 Å². The molecule has 2 rings (SSSR count). The molecule has 1 N–H and O–H groups in total. The highest BCUT2D eigenvalue weighted by molar-refractivity contribution is 4.86. The van der Waals surface area contributed by atoms with Gasteiger partial charge in [0, 0.05) is 12.6 Å². The summed E-state index contributed by atoms with van der Waals surface area (Å²) in [4.78, 5) is 4.25. The molecule has 0 unspecified atom stereocenters. The van der Waals surface area contributed by atoms with Gasteiger partial charge in [-0.25, -0.2) is 4.98 Å². The van der Waals surface area contributed by atoms with Crippen LogP contribution in [-0.2, 0) is 17.8 Å². The summed E-state index contributed by atoms with van der Waals surface area (Å²) >= 11 is 0. The average Bonchev–Trinajstić information content (AvgIpc) is 3.02. The fourth-order valence-electron chi connectivity index (χ4n) is 1.45. The lowest BCUT2D eigenvalue weighted by atomic mass is 10.5. The molecule has 1 heterocycles. The van der Waals surface area contributed by atoms with Gasteiger partial charge < -0.3 is 10.1 Å². The molecule has 0 spiro atoms. The van der Waals surface area contributed by atoms with E-state index in [1.165, 1.54) is 12.8 Å². The summed E-state index contributed by atoms with van der Waals surface area (Å²) in [5.74, 6) is 0.877. The van der Waals surface area contributed by atoms with Gasteiger partial charge in [-0.2, -0.15) is 5.10 Å². The first kappa shape index (κ1) is 11.5. The quantitative estimate of drug-likeness (QED) is 0.668. The van der Waals surface area contributed by atoms with Crippen molar-refractivity contribution in [3.63, 3.8) is 0 Å². The number of hydrogen-bond donors (Lipinski definition) is 1. The summed E-state index contributed by atoms with van der Waals surface area (Å²) < 4.78 is 7.25. The minimum absolute atomic E-state index is 0.708. The average molecular weight is 224 g/mol. The summed E-state index contributed by atoms with van der Waals surface area (Å²) in [6.07, 6.45) is 5.43. The predicted molar refractivity (Wildman–Crippen MR) is 61.0 cm³/mol. The van der Waals surface area contributed by atoms with E-state index >= 15 is 0 Å². The van der Waals surface area contributed by atoms with Crippen molar-refractivity contribution in [2.24, 2.45) is 0 Å². The molecule has 0 radical (unpaired) electrons. The molecule has 1 aliphatic rings. The van der Waals surface area contributed by atoms with Gasteiger partial charge in [0.25, 0.3) is 0 Å². The molecule has 90 valence electrons. The van der Waals surface area contributed by atoms with Crippen LogP contribution in [0.15, 0.2) is 6.33 Å². The first-order valence-corrected chi connectivity index (χ1v) is 6.08. The molecule has 1 fully saturated rings. The molecule has 1 aromatic heterocycles. The summed E-state index contributed by atoms with van der Waals surface area (Å²) in [6.45, 7) is 5.22. The zero-order valence-corrected chi connectivity index (χ0v) is 9.85. The summed E-state index contributed by atoms with van der Waals surface area (Å²) in [5, 5.41) is 7.76. The molecule has 0 atom stereocenters. The lowest BCUT2D eigenvalue weighted by Gasteiger charge is -2.01. The molecule has 1 aliphatic carbocycles. The predicted octanol–water partition coefficient (Wildman–Crippen LogP) is 0.957. The van der Waals surface area contributed by atoms with Gasteiger partial charge in [0.2, 0.25) is 0 Å². The zero-order valence-electron chi connectivity index (χ0n) is 9.85. The van der Waals surface area contributed by atoms with Crippen LogP contribution < -0.4 is 5.32 Å². The molecule has 0 amide bonds. The van der Waals surface area contributed by atoms with Gasteiger partial charge in [-0.3, -0.25) is 4.68 Å². The fourth-order valence-corrected chi connectivity index (χ4v) is 1.45. The summed E-state index contributed by atoms with van der Waals surface area (Å²) in [6, 6.07) is 0.708. The van der Waals surface area contributed by atoms with Crippen molar-refractivity contribution < 1.29 is 4.74 Å². The van der Waals surface area contributed by atoms with Crippen molar-refractivity contribution >= 4 is 0 Å². The van der Waals surface area contributed by atoms with Crippen molar-refractivity contribution in [1.82, 2.24) is 20.1 Å². The van der Waals surface area contributed by atoms with E-state index in [-0.39, 0.29) is 0 Å². The second kappa shape index (κ2) is 5.96. The molecule has 0 aromatic carbocycles. The monoisotopic (exact) mass is 224 g/mol. The van der Waals surface area contributed by atoms with Crippen LogP contribution >= 0.6 is 0 Å². The highest BCUT2D eigenvalue weighted by Gasteiger charge is 2.20. The maximum atomic E-state index is 5.40. The normalized spacial score (nSPS) is 15.6. The lowest BCUT2D eigenvalue weighted by Crippen LogP contribution is -2.16. The molecular weight excluding hydrogens is 204 g/mol. The van der Waals surface area contributed by atoms with E-state index in [9.17, 15) is 0 Å². The highest BCUT2D eigenvalue weighted by atomic mass is 16.5. The maximum Gasteiger partial charge on any atom is 0.164 e. The number of rotatable bonds is 8. The Morgan fingerprint density at radius 2 is 2.38 bits per heavy atom. The van der Waals surface area contributed by atoms with Crippen LogP contribution in [0.2, 0.25) is 0 Å². The van der Waals surface area contributed by atoms with Crippen LogP contribution in [0.1, 0.15) is 32.0 Å². The number of nitrogens with zero attached hydrogens (tertiary/aromatic N) is 3. The Morgan fingerprint density at radius 3 is 3.12 bits per heavy atom. The van der Waals surface area contributed by atoms with Crippen LogP contribution in [0.25, 0.3) is 0 Å². The Morgan fingerprint density at radius 1 is 1.50 bits per heavy atom.